The van der Waals surface area contributed by atoms with Gasteiger partial charge in [-0.25, -0.2) is 28.8 Å². The van der Waals surface area contributed by atoms with Gasteiger partial charge in [0.1, 0.15) is 37.3 Å². The third-order valence-electron chi connectivity index (χ3n) is 10.7. The number of aromatic nitrogens is 4. The number of esters is 2. The molecule has 28 heteroatoms. The number of aromatic amines is 2. The van der Waals surface area contributed by atoms with E-state index in [2.05, 4.69) is 40.4 Å². The molecule has 5 N–H and O–H groups in total. The van der Waals surface area contributed by atoms with Crippen LogP contribution in [-0.4, -0.2) is 106 Å². The summed E-state index contributed by atoms with van der Waals surface area (Å²) in [5.41, 5.74) is 17.4. The van der Waals surface area contributed by atoms with E-state index in [-0.39, 0.29) is 37.9 Å². The van der Waals surface area contributed by atoms with E-state index < -0.39 is 104 Å². The number of aryl methyl sites for hydroxylation is 2. The summed E-state index contributed by atoms with van der Waals surface area (Å²) in [6, 6.07) is 14.2. The van der Waals surface area contributed by atoms with Crippen LogP contribution >= 0.6 is 7.75 Å². The molecule has 6 rings (SSSR count). The monoisotopic (exact) mass is 980 g/mol. The number of amides is 1. The zero-order chi connectivity index (χ0) is 50.3. The first-order valence-electron chi connectivity index (χ1n) is 20.9. The molecule has 0 bridgehead atoms. The number of rotatable bonds is 18. The number of carbonyl (C=O) groups excluding carboxylic acids is 3. The smallest absolute Gasteiger partial charge is 0.407 e. The lowest BCUT2D eigenvalue weighted by atomic mass is 10.1. The summed E-state index contributed by atoms with van der Waals surface area (Å²) in [6.07, 6.45) is -1.36. The van der Waals surface area contributed by atoms with Crippen molar-refractivity contribution in [3.8, 4) is 0 Å². The number of benzene rings is 2. The Bertz CT molecular complexity index is 2830. The third-order valence-corrected chi connectivity index (χ3v) is 11.8. The minimum atomic E-state index is -4.55. The second-order valence-corrected chi connectivity index (χ2v) is 17.0. The van der Waals surface area contributed by atoms with Gasteiger partial charge < -0.3 is 33.9 Å². The van der Waals surface area contributed by atoms with Gasteiger partial charge >= 0.3 is 37.2 Å². The molecule has 2 aliphatic heterocycles. The van der Waals surface area contributed by atoms with Crippen LogP contribution in [0.25, 0.3) is 20.9 Å². The average molecular weight is 981 g/mol. The van der Waals surface area contributed by atoms with E-state index >= 15 is 0 Å². The Morgan fingerprint density at radius 1 is 0.768 bits per heavy atom. The Morgan fingerprint density at radius 3 is 1.65 bits per heavy atom. The van der Waals surface area contributed by atoms with Crippen LogP contribution in [0.15, 0.2) is 102 Å². The van der Waals surface area contributed by atoms with Gasteiger partial charge in [-0.05, 0) is 42.5 Å². The molecular weight excluding hydrogens is 931 g/mol. The van der Waals surface area contributed by atoms with E-state index in [1.54, 1.807) is 54.6 Å². The Hall–Kier alpha value is -7.34. The first-order chi connectivity index (χ1) is 32.9. The van der Waals surface area contributed by atoms with Crippen molar-refractivity contribution in [1.82, 2.24) is 29.5 Å². The number of carbonyl (C=O) groups is 3. The maximum Gasteiger partial charge on any atom is 0.407 e. The van der Waals surface area contributed by atoms with Gasteiger partial charge in [0.2, 0.25) is 0 Å². The molecule has 4 aromatic rings. The van der Waals surface area contributed by atoms with Crippen molar-refractivity contribution in [2.24, 2.45) is 10.2 Å². The van der Waals surface area contributed by atoms with Crippen LogP contribution in [0.1, 0.15) is 47.6 Å². The molecule has 4 heterocycles. The number of azide groups is 2. The van der Waals surface area contributed by atoms with Crippen molar-refractivity contribution in [1.29, 1.82) is 0 Å². The van der Waals surface area contributed by atoms with Crippen LogP contribution < -0.4 is 32.9 Å². The highest BCUT2D eigenvalue weighted by Crippen LogP contribution is 2.40. The van der Waals surface area contributed by atoms with Gasteiger partial charge in [0.05, 0.1) is 39.0 Å². The number of hydrogen-bond donors (Lipinski definition) is 5. The molecule has 2 aliphatic rings. The summed E-state index contributed by atoms with van der Waals surface area (Å²) in [7, 11) is -2.18. The summed E-state index contributed by atoms with van der Waals surface area (Å²) in [5.74, 6) is -1.40. The highest BCUT2D eigenvalue weighted by Gasteiger charge is 2.40. The van der Waals surface area contributed by atoms with Crippen molar-refractivity contribution in [2.45, 2.75) is 88.4 Å². The maximum absolute atomic E-state index is 12.7. The van der Waals surface area contributed by atoms with Crippen molar-refractivity contribution < 1.29 is 52.1 Å². The molecule has 1 amide bonds. The Balaban J connectivity index is 0.000000258. The molecule has 0 spiro atoms. The van der Waals surface area contributed by atoms with Crippen LogP contribution in [0.3, 0.4) is 0 Å². The lowest BCUT2D eigenvalue weighted by Gasteiger charge is -2.22. The number of hydrogen-bond acceptors (Lipinski definition) is 16. The van der Waals surface area contributed by atoms with Gasteiger partial charge in [-0.15, -0.1) is 0 Å². The number of nitrogens with zero attached hydrogens (tertiary/aromatic N) is 8. The Morgan fingerprint density at radius 2 is 1.20 bits per heavy atom. The van der Waals surface area contributed by atoms with Gasteiger partial charge in [-0.2, -0.15) is 0 Å². The molecule has 2 aromatic heterocycles. The van der Waals surface area contributed by atoms with Crippen LogP contribution in [0.2, 0.25) is 0 Å². The first-order valence-corrected chi connectivity index (χ1v) is 22.5. The van der Waals surface area contributed by atoms with Gasteiger partial charge in [0, 0.05) is 52.6 Å². The number of H-pyrrole nitrogens is 2. The molecule has 27 nitrogen and oxygen atoms in total. The molecule has 2 saturated heterocycles. The van der Waals surface area contributed by atoms with Crippen LogP contribution in [0, 0.1) is 13.8 Å². The summed E-state index contributed by atoms with van der Waals surface area (Å²) < 4.78 is 46.4. The average Bonchev–Trinajstić information content (AvgIpc) is 3.93. The molecule has 2 fully saturated rings. The molecular formula is C41H49N12O15P. The summed E-state index contributed by atoms with van der Waals surface area (Å²) in [5, 5.41) is 12.1. The van der Waals surface area contributed by atoms with Gasteiger partial charge in [-0.3, -0.25) is 38.0 Å². The van der Waals surface area contributed by atoms with Crippen LogP contribution in [0.4, 0.5) is 4.79 Å². The second kappa shape index (κ2) is 24.6. The van der Waals surface area contributed by atoms with Crippen molar-refractivity contribution in [3.63, 3.8) is 0 Å². The van der Waals surface area contributed by atoms with E-state index in [4.69, 9.17) is 39.3 Å². The highest BCUT2D eigenvalue weighted by atomic mass is 31.2. The zero-order valence-corrected chi connectivity index (χ0v) is 38.4. The summed E-state index contributed by atoms with van der Waals surface area (Å²) in [4.78, 5) is 104. The number of methoxy groups -OCH3 is 2. The first kappa shape index (κ1) is 52.6. The Labute approximate surface area is 390 Å². The minimum absolute atomic E-state index is 0.0609. The van der Waals surface area contributed by atoms with Crippen molar-refractivity contribution in [3.05, 3.63) is 158 Å². The van der Waals surface area contributed by atoms with E-state index in [1.165, 1.54) is 37.9 Å². The van der Waals surface area contributed by atoms with E-state index in [9.17, 15) is 43.0 Å². The van der Waals surface area contributed by atoms with E-state index in [0.29, 0.717) is 5.56 Å². The molecule has 2 aromatic carbocycles. The fourth-order valence-corrected chi connectivity index (χ4v) is 8.17. The lowest BCUT2D eigenvalue weighted by Crippen LogP contribution is -2.44. The standard InChI is InChI=1S/C21H24N6O7.C20H25N6O8P/c1-12-10-27(20(30)24-18(12)28)17-9-14(25-26-22)16(34-17)11-33-21(31)23-15(19(29)32-2)8-13-6-4-3-5-7-13;1-12-10-26(20(29)22-18(12)27)17-9-14(23-25-21)16(34-17)11-33-35(30,31)24-15(19(28)32-2)8-13-6-4-3-5-7-13/h3-7,10,14-17H,8-9,11H2,1-2H3,(H,23,31)(H,24,28,30);3-7,10,14-17H,8-9,11H2,1-2H3,(H,22,27,29)(H2,24,30,31)/t2*14?,15-,16+,17+/m00/s1. The molecule has 69 heavy (non-hydrogen) atoms. The number of nitrogens with one attached hydrogen (secondary N) is 4. The van der Waals surface area contributed by atoms with Crippen LogP contribution in [-0.2, 0) is 55.2 Å². The normalized spacial score (nSPS) is 21.1. The van der Waals surface area contributed by atoms with Gasteiger partial charge in [0.15, 0.2) is 0 Å². The molecule has 0 aliphatic carbocycles. The van der Waals surface area contributed by atoms with E-state index in [1.807, 2.05) is 6.07 Å². The zero-order valence-electron chi connectivity index (χ0n) is 37.5. The molecule has 368 valence electrons. The predicted octanol–water partition coefficient (Wildman–Crippen LogP) is 2.62. The highest BCUT2D eigenvalue weighted by molar-refractivity contribution is 7.50. The Kier molecular flexibility index (Phi) is 18.8. The van der Waals surface area contributed by atoms with E-state index in [0.717, 1.165) is 22.8 Å². The number of alkyl carbamates (subject to hydrolysis) is 1. The second-order valence-electron chi connectivity index (χ2n) is 15.5. The fraction of sp³-hybridized carbons (Fsp3) is 0.439. The fourth-order valence-electron chi connectivity index (χ4n) is 7.16. The van der Waals surface area contributed by atoms with Crippen LogP contribution in [0.5, 0.6) is 0 Å². The lowest BCUT2D eigenvalue weighted by molar-refractivity contribution is -0.143. The molecule has 3 unspecified atom stereocenters. The third kappa shape index (κ3) is 14.8. The largest absolute Gasteiger partial charge is 0.468 e. The van der Waals surface area contributed by atoms with Gasteiger partial charge in [-0.1, -0.05) is 70.9 Å². The maximum atomic E-state index is 12.7. The molecule has 0 radical (unpaired) electrons. The van der Waals surface area contributed by atoms with Gasteiger partial charge in [0.25, 0.3) is 11.1 Å². The topological polar surface area (TPSA) is 375 Å². The predicted molar refractivity (Wildman–Crippen MR) is 240 cm³/mol. The molecule has 9 atom stereocenters. The SMILES string of the molecule is COC(=O)[C@H](Cc1ccccc1)NC(=O)OC[C@H]1O[C@@H](n2cc(C)c(=O)[nH]c2=O)CC1N=[N+]=[N-].COC(=O)[C@H](Cc1ccccc1)NP(=O)(O)OC[C@H]1O[C@@H](n2cc(C)c(=O)[nH]c2=O)CC1N=[N+]=[N-]. The summed E-state index contributed by atoms with van der Waals surface area (Å²) >= 11 is 0. The number of ether oxygens (including phenoxy) is 5. The van der Waals surface area contributed by atoms with Crippen molar-refractivity contribution in [2.75, 3.05) is 27.4 Å². The minimum Gasteiger partial charge on any atom is -0.468 e. The quantitative estimate of drug-likeness (QED) is 0.0239. The summed E-state index contributed by atoms with van der Waals surface area (Å²) in [6.45, 7) is 2.25. The van der Waals surface area contributed by atoms with Crippen molar-refractivity contribution >= 4 is 25.8 Å². The molecule has 0 saturated carbocycles.